The fourth-order valence-corrected chi connectivity index (χ4v) is 3.26. The number of aldehydes is 1. The lowest BCUT2D eigenvalue weighted by Crippen LogP contribution is -2.20. The van der Waals surface area contributed by atoms with Gasteiger partial charge in [-0.3, -0.25) is 0 Å². The smallest absolute Gasteiger partial charge is 0.131 e. The number of benzene rings is 1. The molecule has 1 aromatic carbocycles. The van der Waals surface area contributed by atoms with Crippen LogP contribution in [0.3, 0.4) is 0 Å². The maximum absolute atomic E-state index is 11.3. The number of rotatable bonds is 1. The molecule has 0 aromatic heterocycles. The molecule has 1 nitrogen and oxygen atoms in total. The van der Waals surface area contributed by atoms with Crippen LogP contribution in [0.25, 0.3) is 6.08 Å². The van der Waals surface area contributed by atoms with Crippen molar-refractivity contribution in [2.45, 2.75) is 11.8 Å². The van der Waals surface area contributed by atoms with Gasteiger partial charge in [0.15, 0.2) is 0 Å². The van der Waals surface area contributed by atoms with Crippen LogP contribution in [0.2, 0.25) is 0 Å². The summed E-state index contributed by atoms with van der Waals surface area (Å²) >= 11 is 0. The van der Waals surface area contributed by atoms with E-state index in [4.69, 9.17) is 0 Å². The van der Waals surface area contributed by atoms with Gasteiger partial charge in [-0.1, -0.05) is 54.7 Å². The Morgan fingerprint density at radius 1 is 1.06 bits per heavy atom. The van der Waals surface area contributed by atoms with Crippen LogP contribution in [0.1, 0.15) is 28.5 Å². The predicted molar refractivity (Wildman–Crippen MR) is 72.3 cm³/mol. The van der Waals surface area contributed by atoms with Gasteiger partial charge in [0.05, 0.1) is 5.92 Å². The van der Waals surface area contributed by atoms with Gasteiger partial charge in [-0.05, 0) is 27.8 Å². The molecule has 4 rings (SSSR count). The van der Waals surface area contributed by atoms with E-state index in [0.29, 0.717) is 5.92 Å². The molecule has 0 heterocycles. The quantitative estimate of drug-likeness (QED) is 0.677. The highest BCUT2D eigenvalue weighted by Gasteiger charge is 2.33. The standard InChI is InChI=1S/C17H12O/c18-10-14-9-13-5-1-3-11-7-8-12-4-2-6-15(14)17(12)16(11)13/h1-10,14,16H. The lowest BCUT2D eigenvalue weighted by Gasteiger charge is -2.34. The van der Waals surface area contributed by atoms with Crippen LogP contribution in [0.5, 0.6) is 0 Å². The molecule has 0 N–H and O–H groups in total. The minimum Gasteiger partial charge on any atom is -0.302 e. The zero-order valence-electron chi connectivity index (χ0n) is 9.84. The third-order valence-corrected chi connectivity index (χ3v) is 4.04. The fourth-order valence-electron chi connectivity index (χ4n) is 3.26. The molecule has 3 aliphatic carbocycles. The average molecular weight is 232 g/mol. The van der Waals surface area contributed by atoms with E-state index in [2.05, 4.69) is 48.6 Å². The Morgan fingerprint density at radius 2 is 2.00 bits per heavy atom. The fraction of sp³-hybridized carbons (Fsp3) is 0.118. The highest BCUT2D eigenvalue weighted by molar-refractivity contribution is 5.78. The minimum absolute atomic E-state index is 0.0956. The molecule has 1 aromatic rings. The van der Waals surface area contributed by atoms with Crippen LogP contribution in [0, 0.1) is 0 Å². The molecule has 0 saturated carbocycles. The molecule has 0 spiro atoms. The molecular formula is C17H12O. The van der Waals surface area contributed by atoms with Crippen LogP contribution in [0.4, 0.5) is 0 Å². The Bertz CT molecular complexity index is 671. The van der Waals surface area contributed by atoms with Crippen LogP contribution < -0.4 is 0 Å². The van der Waals surface area contributed by atoms with Gasteiger partial charge >= 0.3 is 0 Å². The second-order valence-electron chi connectivity index (χ2n) is 4.97. The second-order valence-corrected chi connectivity index (χ2v) is 4.97. The average Bonchev–Trinajstić information content (AvgIpc) is 2.44. The number of carbonyl (C=O) groups excluding carboxylic acids is 1. The molecule has 0 saturated heterocycles. The molecule has 18 heavy (non-hydrogen) atoms. The normalized spacial score (nSPS) is 26.2. The molecule has 86 valence electrons. The molecule has 0 radical (unpaired) electrons. The first-order valence-corrected chi connectivity index (χ1v) is 6.24. The number of hydrogen-bond acceptors (Lipinski definition) is 1. The largest absolute Gasteiger partial charge is 0.302 e. The van der Waals surface area contributed by atoms with Crippen molar-refractivity contribution in [1.29, 1.82) is 0 Å². The molecule has 0 amide bonds. The van der Waals surface area contributed by atoms with Crippen molar-refractivity contribution in [3.8, 4) is 0 Å². The first kappa shape index (κ1) is 9.84. The van der Waals surface area contributed by atoms with Gasteiger partial charge in [0, 0.05) is 5.92 Å². The first-order chi connectivity index (χ1) is 8.88. The summed E-state index contributed by atoms with van der Waals surface area (Å²) in [6.07, 6.45) is 13.9. The van der Waals surface area contributed by atoms with Crippen molar-refractivity contribution in [3.05, 3.63) is 76.4 Å². The maximum atomic E-state index is 11.3. The highest BCUT2D eigenvalue weighted by Crippen LogP contribution is 2.48. The summed E-state index contributed by atoms with van der Waals surface area (Å²) in [7, 11) is 0. The van der Waals surface area contributed by atoms with Crippen LogP contribution in [0.15, 0.2) is 59.7 Å². The van der Waals surface area contributed by atoms with E-state index in [9.17, 15) is 4.79 Å². The predicted octanol–water partition coefficient (Wildman–Crippen LogP) is 3.52. The molecule has 0 bridgehead atoms. The topological polar surface area (TPSA) is 17.1 Å². The minimum atomic E-state index is -0.0956. The van der Waals surface area contributed by atoms with Crippen molar-refractivity contribution in [1.82, 2.24) is 0 Å². The van der Waals surface area contributed by atoms with Crippen molar-refractivity contribution in [3.63, 3.8) is 0 Å². The molecular weight excluding hydrogens is 220 g/mol. The number of carbonyl (C=O) groups is 1. The lowest BCUT2D eigenvalue weighted by atomic mass is 9.69. The van der Waals surface area contributed by atoms with Crippen molar-refractivity contribution in [2.24, 2.45) is 0 Å². The Labute approximate surface area is 106 Å². The third kappa shape index (κ3) is 1.14. The molecule has 0 aliphatic heterocycles. The second kappa shape index (κ2) is 3.42. The molecule has 2 unspecified atom stereocenters. The summed E-state index contributed by atoms with van der Waals surface area (Å²) in [4.78, 5) is 11.3. The van der Waals surface area contributed by atoms with Gasteiger partial charge in [-0.15, -0.1) is 0 Å². The molecule has 2 atom stereocenters. The van der Waals surface area contributed by atoms with E-state index in [0.717, 1.165) is 6.29 Å². The summed E-state index contributed by atoms with van der Waals surface area (Å²) in [6.45, 7) is 0. The van der Waals surface area contributed by atoms with Crippen LogP contribution >= 0.6 is 0 Å². The van der Waals surface area contributed by atoms with E-state index in [1.165, 1.54) is 27.8 Å². The summed E-state index contributed by atoms with van der Waals surface area (Å²) in [5.74, 6) is 0.240. The summed E-state index contributed by atoms with van der Waals surface area (Å²) in [6, 6.07) is 6.26. The van der Waals surface area contributed by atoms with Crippen molar-refractivity contribution < 1.29 is 4.79 Å². The molecule has 3 aliphatic rings. The van der Waals surface area contributed by atoms with Gasteiger partial charge in [-0.25, -0.2) is 0 Å². The first-order valence-electron chi connectivity index (χ1n) is 6.24. The zero-order chi connectivity index (χ0) is 12.1. The third-order valence-electron chi connectivity index (χ3n) is 4.04. The summed E-state index contributed by atoms with van der Waals surface area (Å²) in [5.41, 5.74) is 6.33. The monoisotopic (exact) mass is 232 g/mol. The SMILES string of the molecule is O=CC1C=C2C=CC=C3C=Cc4cccc1c4C32. The summed E-state index contributed by atoms with van der Waals surface area (Å²) in [5, 5.41) is 0. The van der Waals surface area contributed by atoms with Gasteiger partial charge in [-0.2, -0.15) is 0 Å². The number of hydrogen-bond donors (Lipinski definition) is 0. The van der Waals surface area contributed by atoms with Gasteiger partial charge in [0.1, 0.15) is 6.29 Å². The van der Waals surface area contributed by atoms with Crippen molar-refractivity contribution in [2.75, 3.05) is 0 Å². The van der Waals surface area contributed by atoms with E-state index in [-0.39, 0.29) is 5.92 Å². The Balaban J connectivity index is 2.08. The maximum Gasteiger partial charge on any atom is 0.131 e. The van der Waals surface area contributed by atoms with Crippen LogP contribution in [-0.4, -0.2) is 6.29 Å². The zero-order valence-corrected chi connectivity index (χ0v) is 9.84. The molecule has 1 heteroatoms. The Kier molecular flexibility index (Phi) is 1.87. The van der Waals surface area contributed by atoms with E-state index >= 15 is 0 Å². The van der Waals surface area contributed by atoms with Crippen LogP contribution in [-0.2, 0) is 4.79 Å². The highest BCUT2D eigenvalue weighted by atomic mass is 16.1. The Hall–Kier alpha value is -2.15. The van der Waals surface area contributed by atoms with Crippen molar-refractivity contribution >= 4 is 12.4 Å². The van der Waals surface area contributed by atoms with E-state index in [1.807, 2.05) is 6.07 Å². The van der Waals surface area contributed by atoms with Gasteiger partial charge in [0.25, 0.3) is 0 Å². The Morgan fingerprint density at radius 3 is 2.89 bits per heavy atom. The van der Waals surface area contributed by atoms with E-state index < -0.39 is 0 Å². The van der Waals surface area contributed by atoms with Gasteiger partial charge < -0.3 is 4.79 Å². The van der Waals surface area contributed by atoms with E-state index in [1.54, 1.807) is 0 Å². The van der Waals surface area contributed by atoms with Gasteiger partial charge in [0.2, 0.25) is 0 Å². The number of allylic oxidation sites excluding steroid dienone is 7. The molecule has 0 fully saturated rings. The summed E-state index contributed by atoms with van der Waals surface area (Å²) < 4.78 is 0. The lowest BCUT2D eigenvalue weighted by molar-refractivity contribution is -0.108.